The van der Waals surface area contributed by atoms with E-state index in [2.05, 4.69) is 4.98 Å². The van der Waals surface area contributed by atoms with E-state index in [1.54, 1.807) is 10.6 Å². The van der Waals surface area contributed by atoms with E-state index in [0.717, 1.165) is 25.3 Å². The highest BCUT2D eigenvalue weighted by Crippen LogP contribution is 2.50. The van der Waals surface area contributed by atoms with Gasteiger partial charge in [0.25, 0.3) is 5.56 Å². The fourth-order valence-electron chi connectivity index (χ4n) is 4.73. The number of carboxylic acids is 1. The number of carbonyl (C=O) groups is 1. The normalized spacial score (nSPS) is 26.1. The first-order valence-electron chi connectivity index (χ1n) is 10.6. The predicted octanol–water partition coefficient (Wildman–Crippen LogP) is 1.93. The lowest BCUT2D eigenvalue weighted by Crippen LogP contribution is -2.52. The van der Waals surface area contributed by atoms with Crippen molar-refractivity contribution in [3.8, 4) is 0 Å². The van der Waals surface area contributed by atoms with Crippen LogP contribution < -0.4 is 11.2 Å². The molecule has 162 valence electrons. The molecule has 3 fully saturated rings. The van der Waals surface area contributed by atoms with Gasteiger partial charge in [-0.3, -0.25) is 13.9 Å². The number of aliphatic carboxylic acids is 1. The molecule has 2 saturated heterocycles. The predicted molar refractivity (Wildman–Crippen MR) is 111 cm³/mol. The molecule has 9 heteroatoms. The molecule has 2 aromatic heterocycles. The lowest BCUT2D eigenvalue weighted by molar-refractivity contribution is -0.135. The molecule has 30 heavy (non-hydrogen) atoms. The Labute approximate surface area is 173 Å². The van der Waals surface area contributed by atoms with E-state index in [4.69, 9.17) is 14.8 Å². The Kier molecular flexibility index (Phi) is 5.17. The highest BCUT2D eigenvalue weighted by Gasteiger charge is 2.51. The lowest BCUT2D eigenvalue weighted by Gasteiger charge is -2.51. The van der Waals surface area contributed by atoms with E-state index in [0.29, 0.717) is 55.9 Å². The molecule has 2 N–H and O–H groups in total. The first-order chi connectivity index (χ1) is 14.3. The number of imidazole rings is 1. The van der Waals surface area contributed by atoms with Gasteiger partial charge < -0.3 is 14.8 Å². The molecule has 2 bridgehead atoms. The molecular weight excluding hydrogens is 388 g/mol. The number of hydrogen-bond acceptors (Lipinski definition) is 5. The van der Waals surface area contributed by atoms with Gasteiger partial charge in [0, 0.05) is 19.2 Å². The quantitative estimate of drug-likeness (QED) is 0.666. The molecule has 1 saturated carbocycles. The maximum absolute atomic E-state index is 13.0. The van der Waals surface area contributed by atoms with Gasteiger partial charge in [-0.1, -0.05) is 13.8 Å². The number of nitrogens with zero attached hydrogens (tertiary/aromatic N) is 3. The standard InChI is InChI=1S/C21H28N4O5/c1-3-11-24-16-15(17(28)25(12-4-2)19(24)29)22-18(23-16)20-7-9-21(10-8-20,30-13-20)6-5-14(26)27/h5-6H,3-4,7-13H2,1-2H3,(H,22,23)(H,26,27). The minimum Gasteiger partial charge on any atom is -0.478 e. The van der Waals surface area contributed by atoms with Crippen molar-refractivity contribution in [2.45, 2.75) is 76.5 Å². The summed E-state index contributed by atoms with van der Waals surface area (Å²) in [4.78, 5) is 44.7. The molecule has 5 rings (SSSR count). The van der Waals surface area contributed by atoms with Crippen molar-refractivity contribution in [3.63, 3.8) is 0 Å². The number of aromatic nitrogens is 4. The second-order valence-electron chi connectivity index (χ2n) is 8.48. The minimum atomic E-state index is -0.982. The van der Waals surface area contributed by atoms with Crippen LogP contribution in [-0.4, -0.2) is 42.4 Å². The monoisotopic (exact) mass is 416 g/mol. The Morgan fingerprint density at radius 3 is 2.40 bits per heavy atom. The molecular formula is C21H28N4O5. The maximum atomic E-state index is 13.0. The summed E-state index contributed by atoms with van der Waals surface area (Å²) in [5.41, 5.74) is -0.748. The van der Waals surface area contributed by atoms with Gasteiger partial charge >= 0.3 is 11.7 Å². The van der Waals surface area contributed by atoms with E-state index in [-0.39, 0.29) is 16.7 Å². The van der Waals surface area contributed by atoms with Gasteiger partial charge in [-0.2, -0.15) is 0 Å². The van der Waals surface area contributed by atoms with Gasteiger partial charge in [0.15, 0.2) is 5.65 Å². The van der Waals surface area contributed by atoms with Gasteiger partial charge in [-0.25, -0.2) is 14.6 Å². The van der Waals surface area contributed by atoms with Gasteiger partial charge in [0.2, 0.25) is 0 Å². The van der Waals surface area contributed by atoms with Crippen LogP contribution in [0.5, 0.6) is 0 Å². The molecule has 3 aliphatic rings. The summed E-state index contributed by atoms with van der Waals surface area (Å²) in [6, 6.07) is 0. The van der Waals surface area contributed by atoms with Crippen LogP contribution in [0, 0.1) is 0 Å². The SMILES string of the molecule is CCCn1c(=O)c2[nH]c(C34CCC(C=CC(=O)O)(CC3)OC4)nc2n(CCC)c1=O. The van der Waals surface area contributed by atoms with E-state index in [1.165, 1.54) is 4.57 Å². The highest BCUT2D eigenvalue weighted by molar-refractivity contribution is 5.80. The molecule has 0 amide bonds. The molecule has 0 unspecified atom stereocenters. The zero-order valence-corrected chi connectivity index (χ0v) is 17.4. The highest BCUT2D eigenvalue weighted by atomic mass is 16.5. The number of aryl methyl sites for hydroxylation is 1. The van der Waals surface area contributed by atoms with Crippen LogP contribution >= 0.6 is 0 Å². The summed E-state index contributed by atoms with van der Waals surface area (Å²) in [5, 5.41) is 8.94. The number of carboxylic acid groups (broad SMARTS) is 1. The Balaban J connectivity index is 1.76. The van der Waals surface area contributed by atoms with Gasteiger partial charge in [0.1, 0.15) is 11.3 Å². The Hall–Kier alpha value is -2.68. The van der Waals surface area contributed by atoms with Crippen LogP contribution in [0.3, 0.4) is 0 Å². The molecule has 1 aliphatic carbocycles. The molecule has 0 aromatic carbocycles. The van der Waals surface area contributed by atoms with Crippen LogP contribution in [0.2, 0.25) is 0 Å². The van der Waals surface area contributed by atoms with E-state index < -0.39 is 11.6 Å². The summed E-state index contributed by atoms with van der Waals surface area (Å²) in [5.74, 6) is -0.298. The summed E-state index contributed by atoms with van der Waals surface area (Å²) in [7, 11) is 0. The van der Waals surface area contributed by atoms with E-state index in [1.807, 2.05) is 13.8 Å². The summed E-state index contributed by atoms with van der Waals surface area (Å²) in [6.45, 7) is 5.19. The summed E-state index contributed by atoms with van der Waals surface area (Å²) in [6.07, 6.45) is 7.19. The Bertz CT molecular complexity index is 1100. The molecule has 2 aliphatic heterocycles. The summed E-state index contributed by atoms with van der Waals surface area (Å²) >= 11 is 0. The van der Waals surface area contributed by atoms with Crippen molar-refractivity contribution >= 4 is 17.1 Å². The smallest absolute Gasteiger partial charge is 0.332 e. The third-order valence-corrected chi connectivity index (χ3v) is 6.48. The number of fused-ring (bicyclic) bond motifs is 4. The second kappa shape index (κ2) is 7.54. The Morgan fingerprint density at radius 2 is 1.83 bits per heavy atom. The van der Waals surface area contributed by atoms with E-state index in [9.17, 15) is 14.4 Å². The van der Waals surface area contributed by atoms with Crippen molar-refractivity contribution < 1.29 is 14.6 Å². The topological polar surface area (TPSA) is 119 Å². The van der Waals surface area contributed by atoms with Gasteiger partial charge in [-0.15, -0.1) is 0 Å². The average Bonchev–Trinajstić information content (AvgIpc) is 3.20. The number of aromatic amines is 1. The van der Waals surface area contributed by atoms with Crippen molar-refractivity contribution in [2.75, 3.05) is 6.61 Å². The number of ether oxygens (including phenoxy) is 1. The van der Waals surface area contributed by atoms with Gasteiger partial charge in [-0.05, 0) is 44.6 Å². The second-order valence-corrected chi connectivity index (χ2v) is 8.48. The third kappa shape index (κ3) is 3.21. The van der Waals surface area contributed by atoms with Crippen molar-refractivity contribution in [1.29, 1.82) is 0 Å². The van der Waals surface area contributed by atoms with Crippen LogP contribution in [-0.2, 0) is 28.0 Å². The molecule has 0 spiro atoms. The van der Waals surface area contributed by atoms with Crippen molar-refractivity contribution in [1.82, 2.24) is 19.1 Å². The fourth-order valence-corrected chi connectivity index (χ4v) is 4.73. The fraction of sp³-hybridized carbons (Fsp3) is 0.619. The van der Waals surface area contributed by atoms with E-state index >= 15 is 0 Å². The van der Waals surface area contributed by atoms with Crippen LogP contribution in [0.1, 0.15) is 58.2 Å². The number of hydrogen-bond donors (Lipinski definition) is 2. The van der Waals surface area contributed by atoms with Crippen molar-refractivity contribution in [3.05, 3.63) is 38.8 Å². The summed E-state index contributed by atoms with van der Waals surface area (Å²) < 4.78 is 8.98. The number of rotatable bonds is 7. The van der Waals surface area contributed by atoms with Crippen LogP contribution in [0.15, 0.2) is 21.7 Å². The van der Waals surface area contributed by atoms with Crippen LogP contribution in [0.25, 0.3) is 11.2 Å². The largest absolute Gasteiger partial charge is 0.478 e. The zero-order chi connectivity index (χ0) is 21.5. The molecule has 0 radical (unpaired) electrons. The average molecular weight is 416 g/mol. The first-order valence-corrected chi connectivity index (χ1v) is 10.6. The maximum Gasteiger partial charge on any atom is 0.332 e. The van der Waals surface area contributed by atoms with Gasteiger partial charge in [0.05, 0.1) is 17.6 Å². The van der Waals surface area contributed by atoms with Crippen molar-refractivity contribution in [2.24, 2.45) is 0 Å². The number of H-pyrrole nitrogens is 1. The lowest BCUT2D eigenvalue weighted by atomic mass is 9.65. The molecule has 9 nitrogen and oxygen atoms in total. The Morgan fingerprint density at radius 1 is 1.17 bits per heavy atom. The molecule has 0 atom stereocenters. The number of nitrogens with one attached hydrogen (secondary N) is 1. The third-order valence-electron chi connectivity index (χ3n) is 6.48. The van der Waals surface area contributed by atoms with Crippen LogP contribution in [0.4, 0.5) is 0 Å². The first kappa shape index (κ1) is 20.6. The molecule has 4 heterocycles. The zero-order valence-electron chi connectivity index (χ0n) is 17.4. The molecule has 2 aromatic rings. The minimum absolute atomic E-state index is 0.312.